The minimum absolute atomic E-state index is 0.0105. The molecule has 10 atom stereocenters. The van der Waals surface area contributed by atoms with Crippen molar-refractivity contribution in [2.45, 2.75) is 77.2 Å². The number of hydrogen-bond donors (Lipinski definition) is 2. The van der Waals surface area contributed by atoms with Gasteiger partial charge in [-0.25, -0.2) is 0 Å². The molecule has 4 aliphatic heterocycles. The molecule has 0 radical (unpaired) electrons. The first-order chi connectivity index (χ1) is 10.0. The van der Waals surface area contributed by atoms with Crippen molar-refractivity contribution in [2.24, 2.45) is 35.5 Å². The van der Waals surface area contributed by atoms with Gasteiger partial charge in [0.2, 0.25) is 0 Å². The highest BCUT2D eigenvalue weighted by molar-refractivity contribution is 5.20. The van der Waals surface area contributed by atoms with Gasteiger partial charge in [0, 0.05) is 23.7 Å². The standard InChI is InChI=1S/C18H30O4/c1-7-8(2)14-10-9(13(7)21-14)15-11(17(3,4)19)12(16(10)22-15)18(5,6)20/h7-16,19-20H,1-6H3. The van der Waals surface area contributed by atoms with Crippen LogP contribution in [0.5, 0.6) is 0 Å². The van der Waals surface area contributed by atoms with Gasteiger partial charge in [0.25, 0.3) is 0 Å². The Morgan fingerprint density at radius 1 is 0.636 bits per heavy atom. The second kappa shape index (κ2) is 4.27. The molecule has 0 aromatic heterocycles. The summed E-state index contributed by atoms with van der Waals surface area (Å²) >= 11 is 0. The predicted molar refractivity (Wildman–Crippen MR) is 82.2 cm³/mol. The predicted octanol–water partition coefficient (Wildman–Crippen LogP) is 1.83. The molecular weight excluding hydrogens is 280 g/mol. The summed E-state index contributed by atoms with van der Waals surface area (Å²) in [6.45, 7) is 12.0. The normalized spacial score (nSPS) is 56.7. The molecule has 4 aliphatic rings. The van der Waals surface area contributed by atoms with E-state index in [2.05, 4.69) is 13.8 Å². The summed E-state index contributed by atoms with van der Waals surface area (Å²) in [5.41, 5.74) is -1.71. The van der Waals surface area contributed by atoms with Gasteiger partial charge in [0.15, 0.2) is 0 Å². The van der Waals surface area contributed by atoms with Crippen molar-refractivity contribution < 1.29 is 19.7 Å². The number of hydrogen-bond acceptors (Lipinski definition) is 4. The average molecular weight is 310 g/mol. The minimum Gasteiger partial charge on any atom is -0.390 e. The third-order valence-electron chi connectivity index (χ3n) is 7.18. The largest absolute Gasteiger partial charge is 0.390 e. The van der Waals surface area contributed by atoms with E-state index in [0.717, 1.165) is 0 Å². The van der Waals surface area contributed by atoms with E-state index < -0.39 is 11.2 Å². The van der Waals surface area contributed by atoms with Crippen LogP contribution in [0.2, 0.25) is 0 Å². The van der Waals surface area contributed by atoms with Crippen LogP contribution in [-0.2, 0) is 9.47 Å². The lowest BCUT2D eigenvalue weighted by atomic mass is 9.54. The maximum absolute atomic E-state index is 10.7. The Hall–Kier alpha value is -0.160. The van der Waals surface area contributed by atoms with Crippen LogP contribution in [0.4, 0.5) is 0 Å². The lowest BCUT2D eigenvalue weighted by Crippen LogP contribution is -2.58. The first-order valence-corrected chi connectivity index (χ1v) is 8.79. The molecule has 10 unspecified atom stereocenters. The van der Waals surface area contributed by atoms with Gasteiger partial charge in [-0.15, -0.1) is 0 Å². The highest BCUT2D eigenvalue weighted by Gasteiger charge is 2.74. The van der Waals surface area contributed by atoms with Gasteiger partial charge >= 0.3 is 0 Å². The second-order valence-corrected chi connectivity index (χ2v) is 9.36. The molecule has 0 spiro atoms. The van der Waals surface area contributed by atoms with Crippen molar-refractivity contribution in [2.75, 3.05) is 0 Å². The quantitative estimate of drug-likeness (QED) is 0.817. The average Bonchev–Trinajstić information content (AvgIpc) is 3.05. The molecule has 4 bridgehead atoms. The summed E-state index contributed by atoms with van der Waals surface area (Å²) in [5, 5.41) is 21.5. The monoisotopic (exact) mass is 310 g/mol. The summed E-state index contributed by atoms with van der Waals surface area (Å²) in [4.78, 5) is 0. The molecule has 0 saturated carbocycles. The van der Waals surface area contributed by atoms with Crippen LogP contribution >= 0.6 is 0 Å². The molecule has 22 heavy (non-hydrogen) atoms. The van der Waals surface area contributed by atoms with Crippen molar-refractivity contribution in [1.82, 2.24) is 0 Å². The summed E-state index contributed by atoms with van der Waals surface area (Å²) < 4.78 is 12.7. The molecule has 4 heterocycles. The highest BCUT2D eigenvalue weighted by Crippen LogP contribution is 2.65. The first-order valence-electron chi connectivity index (χ1n) is 8.79. The summed E-state index contributed by atoms with van der Waals surface area (Å²) in [6.07, 6.45) is 0.535. The molecule has 4 saturated heterocycles. The molecule has 4 nitrogen and oxygen atoms in total. The third kappa shape index (κ3) is 1.73. The molecule has 0 aliphatic carbocycles. The molecule has 0 aromatic carbocycles. The van der Waals surface area contributed by atoms with Crippen molar-refractivity contribution in [3.8, 4) is 0 Å². The second-order valence-electron chi connectivity index (χ2n) is 9.36. The van der Waals surface area contributed by atoms with Gasteiger partial charge in [0.1, 0.15) is 0 Å². The van der Waals surface area contributed by atoms with Crippen molar-refractivity contribution in [1.29, 1.82) is 0 Å². The van der Waals surface area contributed by atoms with E-state index >= 15 is 0 Å². The topological polar surface area (TPSA) is 58.9 Å². The maximum Gasteiger partial charge on any atom is 0.0696 e. The van der Waals surface area contributed by atoms with E-state index in [9.17, 15) is 10.2 Å². The molecular formula is C18H30O4. The molecule has 0 amide bonds. The van der Waals surface area contributed by atoms with Gasteiger partial charge in [-0.05, 0) is 39.5 Å². The van der Waals surface area contributed by atoms with Crippen LogP contribution in [0.25, 0.3) is 0 Å². The van der Waals surface area contributed by atoms with E-state index in [1.165, 1.54) is 0 Å². The van der Waals surface area contributed by atoms with Crippen LogP contribution in [-0.4, -0.2) is 45.8 Å². The van der Waals surface area contributed by atoms with Crippen molar-refractivity contribution in [3.63, 3.8) is 0 Å². The number of rotatable bonds is 2. The lowest BCUT2D eigenvalue weighted by Gasteiger charge is -2.48. The van der Waals surface area contributed by atoms with Gasteiger partial charge in [0.05, 0.1) is 35.6 Å². The highest BCUT2D eigenvalue weighted by atomic mass is 16.6. The van der Waals surface area contributed by atoms with Gasteiger partial charge < -0.3 is 19.7 Å². The van der Waals surface area contributed by atoms with Crippen LogP contribution in [0, 0.1) is 35.5 Å². The van der Waals surface area contributed by atoms with Gasteiger partial charge in [-0.1, -0.05) is 13.8 Å². The van der Waals surface area contributed by atoms with E-state index in [4.69, 9.17) is 9.47 Å². The minimum atomic E-state index is -0.855. The van der Waals surface area contributed by atoms with E-state index in [1.54, 1.807) is 0 Å². The fourth-order valence-electron chi connectivity index (χ4n) is 6.26. The molecule has 4 rings (SSSR count). The Bertz CT molecular complexity index is 434. The summed E-state index contributed by atoms with van der Waals surface area (Å²) in [6, 6.07) is 0. The van der Waals surface area contributed by atoms with Crippen LogP contribution in [0.15, 0.2) is 0 Å². The Kier molecular flexibility index (Phi) is 2.98. The Balaban J connectivity index is 1.74. The van der Waals surface area contributed by atoms with E-state index in [0.29, 0.717) is 23.7 Å². The van der Waals surface area contributed by atoms with E-state index in [-0.39, 0.29) is 36.3 Å². The Morgan fingerprint density at radius 3 is 1.27 bits per heavy atom. The van der Waals surface area contributed by atoms with E-state index in [1.807, 2.05) is 27.7 Å². The van der Waals surface area contributed by atoms with Crippen LogP contribution in [0.3, 0.4) is 0 Å². The summed E-state index contributed by atoms with van der Waals surface area (Å²) in [5.74, 6) is 1.80. The van der Waals surface area contributed by atoms with Gasteiger partial charge in [-0.3, -0.25) is 0 Å². The zero-order valence-corrected chi connectivity index (χ0v) is 14.5. The molecule has 4 fully saturated rings. The third-order valence-corrected chi connectivity index (χ3v) is 7.18. The fraction of sp³-hybridized carbons (Fsp3) is 1.00. The molecule has 0 aromatic rings. The smallest absolute Gasteiger partial charge is 0.0696 e. The zero-order valence-electron chi connectivity index (χ0n) is 14.5. The Morgan fingerprint density at radius 2 is 0.955 bits per heavy atom. The zero-order chi connectivity index (χ0) is 16.2. The molecule has 126 valence electrons. The van der Waals surface area contributed by atoms with Crippen LogP contribution in [0.1, 0.15) is 41.5 Å². The molecule has 2 N–H and O–H groups in total. The number of aliphatic hydroxyl groups is 2. The number of ether oxygens (including phenoxy) is 2. The molecule has 4 heteroatoms. The van der Waals surface area contributed by atoms with Crippen LogP contribution < -0.4 is 0 Å². The lowest BCUT2D eigenvalue weighted by molar-refractivity contribution is -0.105. The number of fused-ring (bicyclic) bond motifs is 9. The van der Waals surface area contributed by atoms with Gasteiger partial charge in [-0.2, -0.15) is 0 Å². The maximum atomic E-state index is 10.7. The Labute approximate surface area is 133 Å². The fourth-order valence-corrected chi connectivity index (χ4v) is 6.26. The first kappa shape index (κ1) is 15.4. The SMILES string of the molecule is CC1C(C)C2OC1C1C3OC(C21)C(C(C)(C)O)C3C(C)(C)O. The summed E-state index contributed by atoms with van der Waals surface area (Å²) in [7, 11) is 0. The van der Waals surface area contributed by atoms with Crippen molar-refractivity contribution >= 4 is 0 Å². The van der Waals surface area contributed by atoms with Crippen molar-refractivity contribution in [3.05, 3.63) is 0 Å².